The van der Waals surface area contributed by atoms with Gasteiger partial charge in [-0.15, -0.1) is 0 Å². The van der Waals surface area contributed by atoms with Gasteiger partial charge in [0.1, 0.15) is 6.42 Å². The highest BCUT2D eigenvalue weighted by atomic mass is 28.3. The summed E-state index contributed by atoms with van der Waals surface area (Å²) < 4.78 is 4.32. The zero-order valence-corrected chi connectivity index (χ0v) is 10.1. The lowest BCUT2D eigenvalue weighted by molar-refractivity contribution is -0.138. The molecule has 0 unspecified atom stereocenters. The van der Waals surface area contributed by atoms with Crippen molar-refractivity contribution in [3.8, 4) is 0 Å². The van der Waals surface area contributed by atoms with E-state index in [1.54, 1.807) is 0 Å². The van der Waals surface area contributed by atoms with E-state index in [4.69, 9.17) is 5.11 Å². The highest BCUT2D eigenvalue weighted by Crippen LogP contribution is 2.05. The Morgan fingerprint density at radius 1 is 1.29 bits per heavy atom. The molecular formula is C9H17NO3Si. The van der Waals surface area contributed by atoms with E-state index in [9.17, 15) is 9.59 Å². The van der Waals surface area contributed by atoms with Gasteiger partial charge in [0.25, 0.3) is 0 Å². The molecule has 0 saturated heterocycles. The van der Waals surface area contributed by atoms with Crippen LogP contribution in [0.4, 0.5) is 0 Å². The number of carbonyl (C=O) groups excluding carboxylic acids is 1. The number of hydrogen-bond donors (Lipinski definition) is 1. The second-order valence-corrected chi connectivity index (χ2v) is 8.64. The summed E-state index contributed by atoms with van der Waals surface area (Å²) in [5.41, 5.74) is 0.423. The first kappa shape index (κ1) is 13.0. The molecule has 0 atom stereocenters. The Bertz CT molecular complexity index is 266. The maximum Gasteiger partial charge on any atom is 0.311 e. The van der Waals surface area contributed by atoms with Crippen molar-refractivity contribution in [2.75, 3.05) is 0 Å². The van der Waals surface area contributed by atoms with Crippen LogP contribution in [-0.4, -0.2) is 30.8 Å². The van der Waals surface area contributed by atoms with Crippen LogP contribution in [0.2, 0.25) is 19.6 Å². The molecule has 0 aromatic rings. The maximum absolute atomic E-state index is 11.4. The fraction of sp³-hybridized carbons (Fsp3) is 0.667. The molecule has 5 heteroatoms. The van der Waals surface area contributed by atoms with Crippen molar-refractivity contribution in [1.29, 1.82) is 0 Å². The van der Waals surface area contributed by atoms with Crippen LogP contribution in [0.3, 0.4) is 0 Å². The van der Waals surface area contributed by atoms with E-state index in [0.29, 0.717) is 12.1 Å². The minimum atomic E-state index is -1.68. The third-order valence-corrected chi connectivity index (χ3v) is 2.38. The smallest absolute Gasteiger partial charge is 0.311 e. The first-order valence-electron chi connectivity index (χ1n) is 4.60. The maximum atomic E-state index is 11.4. The van der Waals surface area contributed by atoms with Crippen LogP contribution in [0.1, 0.15) is 19.8 Å². The number of carbonyl (C=O) groups is 2. The SMILES string of the molecule is CCC(=N[Si](C)(C)C)C(=O)CC(=O)O. The summed E-state index contributed by atoms with van der Waals surface area (Å²) in [4.78, 5) is 21.7. The molecule has 0 aliphatic rings. The molecule has 14 heavy (non-hydrogen) atoms. The largest absolute Gasteiger partial charge is 0.481 e. The van der Waals surface area contributed by atoms with Crippen molar-refractivity contribution in [3.63, 3.8) is 0 Å². The van der Waals surface area contributed by atoms with Gasteiger partial charge in [0.2, 0.25) is 0 Å². The lowest BCUT2D eigenvalue weighted by Crippen LogP contribution is -2.25. The van der Waals surface area contributed by atoms with Crippen molar-refractivity contribution in [3.05, 3.63) is 0 Å². The van der Waals surface area contributed by atoms with Gasteiger partial charge in [-0.25, -0.2) is 0 Å². The molecule has 80 valence electrons. The molecule has 0 amide bonds. The van der Waals surface area contributed by atoms with Gasteiger partial charge in [0, 0.05) is 0 Å². The van der Waals surface area contributed by atoms with Gasteiger partial charge in [-0.05, 0) is 26.1 Å². The van der Waals surface area contributed by atoms with Crippen molar-refractivity contribution >= 4 is 25.7 Å². The predicted molar refractivity (Wildman–Crippen MR) is 58.3 cm³/mol. The lowest BCUT2D eigenvalue weighted by atomic mass is 10.1. The molecule has 0 spiro atoms. The number of rotatable bonds is 5. The fourth-order valence-electron chi connectivity index (χ4n) is 0.983. The fourth-order valence-corrected chi connectivity index (χ4v) is 2.08. The summed E-state index contributed by atoms with van der Waals surface area (Å²) in [6, 6.07) is 0. The summed E-state index contributed by atoms with van der Waals surface area (Å²) in [5, 5.41) is 8.46. The summed E-state index contributed by atoms with van der Waals surface area (Å²) in [6.07, 6.45) is 0.0630. The van der Waals surface area contributed by atoms with Gasteiger partial charge >= 0.3 is 5.97 Å². The van der Waals surface area contributed by atoms with E-state index in [0.717, 1.165) is 0 Å². The van der Waals surface area contributed by atoms with E-state index in [1.165, 1.54) is 0 Å². The second-order valence-electron chi connectivity index (χ2n) is 4.08. The van der Waals surface area contributed by atoms with Crippen LogP contribution in [0.5, 0.6) is 0 Å². The van der Waals surface area contributed by atoms with Crippen LogP contribution >= 0.6 is 0 Å². The van der Waals surface area contributed by atoms with Gasteiger partial charge in [-0.2, -0.15) is 0 Å². The average Bonchev–Trinajstić information content (AvgIpc) is 1.96. The zero-order chi connectivity index (χ0) is 11.4. The molecule has 0 fully saturated rings. The lowest BCUT2D eigenvalue weighted by Gasteiger charge is -2.11. The normalized spacial score (nSPS) is 12.7. The van der Waals surface area contributed by atoms with Crippen LogP contribution in [-0.2, 0) is 9.59 Å². The second kappa shape index (κ2) is 5.04. The third-order valence-electron chi connectivity index (χ3n) is 1.44. The Morgan fingerprint density at radius 3 is 2.07 bits per heavy atom. The number of ketones is 1. The molecule has 0 aliphatic carbocycles. The molecule has 0 heterocycles. The Hall–Kier alpha value is -0.973. The number of carboxylic acid groups (broad SMARTS) is 1. The van der Waals surface area contributed by atoms with Gasteiger partial charge in [0.15, 0.2) is 14.0 Å². The van der Waals surface area contributed by atoms with Crippen molar-refractivity contribution in [1.82, 2.24) is 0 Å². The molecule has 0 saturated carbocycles. The van der Waals surface area contributed by atoms with Crippen LogP contribution in [0.15, 0.2) is 4.66 Å². The number of Topliss-reactive ketones (excluding diaryl/α,β-unsaturated/α-hetero) is 1. The molecule has 0 bridgehead atoms. The van der Waals surface area contributed by atoms with E-state index >= 15 is 0 Å². The minimum absolute atomic E-state index is 0.359. The highest BCUT2D eigenvalue weighted by molar-refractivity contribution is 6.76. The number of aliphatic carboxylic acids is 1. The summed E-state index contributed by atoms with van der Waals surface area (Å²) in [6.45, 7) is 7.85. The molecular weight excluding hydrogens is 198 g/mol. The topological polar surface area (TPSA) is 66.7 Å². The van der Waals surface area contributed by atoms with Crippen LogP contribution < -0.4 is 0 Å². The number of hydrogen-bond acceptors (Lipinski definition) is 3. The van der Waals surface area contributed by atoms with Gasteiger partial charge in [-0.1, -0.05) is 6.92 Å². The highest BCUT2D eigenvalue weighted by Gasteiger charge is 2.18. The van der Waals surface area contributed by atoms with Crippen molar-refractivity contribution in [2.24, 2.45) is 4.66 Å². The molecule has 0 aromatic carbocycles. The monoisotopic (exact) mass is 215 g/mol. The van der Waals surface area contributed by atoms with Gasteiger partial charge < -0.3 is 9.76 Å². The molecule has 0 radical (unpaired) electrons. The first-order valence-corrected chi connectivity index (χ1v) is 8.04. The summed E-state index contributed by atoms with van der Waals surface area (Å²) in [7, 11) is -1.68. The third kappa shape index (κ3) is 5.63. The van der Waals surface area contributed by atoms with E-state index < -0.39 is 20.6 Å². The van der Waals surface area contributed by atoms with E-state index in [-0.39, 0.29) is 5.78 Å². The molecule has 0 aromatic heterocycles. The summed E-state index contributed by atoms with van der Waals surface area (Å²) >= 11 is 0. The van der Waals surface area contributed by atoms with Gasteiger partial charge in [0.05, 0.1) is 5.71 Å². The zero-order valence-electron chi connectivity index (χ0n) is 9.13. The Kier molecular flexibility index (Phi) is 4.69. The predicted octanol–water partition coefficient (Wildman–Crippen LogP) is 1.72. The summed E-state index contributed by atoms with van der Waals surface area (Å²) in [5.74, 6) is -1.45. The standard InChI is InChI=1S/C9H17NO3Si/c1-5-7(10-14(2,3)4)8(11)6-9(12)13/h5-6H2,1-4H3,(H,12,13). The average molecular weight is 215 g/mol. The number of nitrogens with zero attached hydrogens (tertiary/aromatic N) is 1. The Balaban J connectivity index is 4.65. The Morgan fingerprint density at radius 2 is 1.79 bits per heavy atom. The van der Waals surface area contributed by atoms with E-state index in [1.807, 2.05) is 26.6 Å². The van der Waals surface area contributed by atoms with Crippen LogP contribution in [0, 0.1) is 0 Å². The van der Waals surface area contributed by atoms with Crippen LogP contribution in [0.25, 0.3) is 0 Å². The quantitative estimate of drug-likeness (QED) is 0.431. The molecule has 4 nitrogen and oxygen atoms in total. The minimum Gasteiger partial charge on any atom is -0.481 e. The van der Waals surface area contributed by atoms with Crippen molar-refractivity contribution < 1.29 is 14.7 Å². The first-order chi connectivity index (χ1) is 6.26. The van der Waals surface area contributed by atoms with Crippen molar-refractivity contribution in [2.45, 2.75) is 39.4 Å². The Labute approximate surface area is 85.1 Å². The molecule has 0 rings (SSSR count). The van der Waals surface area contributed by atoms with Gasteiger partial charge in [-0.3, -0.25) is 9.59 Å². The molecule has 0 aliphatic heterocycles. The molecule has 1 N–H and O–H groups in total. The van der Waals surface area contributed by atoms with E-state index in [2.05, 4.69) is 4.66 Å². The number of carboxylic acids is 1.